The molecule has 2 N–H and O–H groups in total. The van der Waals surface area contributed by atoms with Gasteiger partial charge in [-0.3, -0.25) is 4.79 Å². The second-order valence-electron chi connectivity index (χ2n) is 4.25. The fraction of sp³-hybridized carbons (Fsp3) is 0.417. The highest BCUT2D eigenvalue weighted by Gasteiger charge is 2.32. The van der Waals surface area contributed by atoms with Crippen LogP contribution in [-0.4, -0.2) is 26.1 Å². The summed E-state index contributed by atoms with van der Waals surface area (Å²) in [5.41, 5.74) is 6.42. The highest BCUT2D eigenvalue weighted by Crippen LogP contribution is 2.41. The number of nitrogens with two attached hydrogens (primary N) is 1. The van der Waals surface area contributed by atoms with Gasteiger partial charge >= 0.3 is 0 Å². The van der Waals surface area contributed by atoms with E-state index in [1.807, 2.05) is 12.1 Å². The van der Waals surface area contributed by atoms with Crippen molar-refractivity contribution < 1.29 is 9.53 Å². The smallest absolute Gasteiger partial charge is 0.227 e. The number of anilines is 1. The Balaban J connectivity index is 2.42. The van der Waals surface area contributed by atoms with Crippen LogP contribution in [0.5, 0.6) is 5.75 Å². The van der Waals surface area contributed by atoms with Crippen molar-refractivity contribution in [2.24, 2.45) is 11.7 Å². The molecule has 1 fully saturated rings. The lowest BCUT2D eigenvalue weighted by Gasteiger charge is -2.21. The molecule has 0 spiro atoms. The molecule has 18 heavy (non-hydrogen) atoms. The number of rotatable bonds is 3. The predicted molar refractivity (Wildman–Crippen MR) is 77.9 cm³/mol. The van der Waals surface area contributed by atoms with Gasteiger partial charge in [-0.1, -0.05) is 15.9 Å². The van der Waals surface area contributed by atoms with Gasteiger partial charge in [-0.25, -0.2) is 0 Å². The molecule has 98 valence electrons. The number of methoxy groups -OCH3 is 1. The van der Waals surface area contributed by atoms with Crippen LogP contribution in [0.1, 0.15) is 6.42 Å². The molecule has 1 aliphatic heterocycles. The number of hydrogen-bond acceptors (Lipinski definition) is 3. The average Bonchev–Trinajstić information content (AvgIpc) is 2.69. The average molecular weight is 378 g/mol. The molecule has 1 aliphatic rings. The number of benzene rings is 1. The molecular weight excluding hydrogens is 364 g/mol. The molecule has 2 rings (SSSR count). The number of carbonyl (C=O) groups is 1. The third-order valence-corrected chi connectivity index (χ3v) is 4.08. The zero-order valence-electron chi connectivity index (χ0n) is 9.95. The first-order chi connectivity index (χ1) is 8.56. The van der Waals surface area contributed by atoms with Gasteiger partial charge in [0, 0.05) is 21.9 Å². The van der Waals surface area contributed by atoms with Crippen molar-refractivity contribution in [3.63, 3.8) is 0 Å². The van der Waals surface area contributed by atoms with Crippen LogP contribution in [0.3, 0.4) is 0 Å². The first-order valence-corrected chi connectivity index (χ1v) is 7.19. The summed E-state index contributed by atoms with van der Waals surface area (Å²) in [5.74, 6) is 0.979. The van der Waals surface area contributed by atoms with Gasteiger partial charge in [0.25, 0.3) is 0 Å². The van der Waals surface area contributed by atoms with Crippen molar-refractivity contribution in [3.8, 4) is 5.75 Å². The van der Waals surface area contributed by atoms with E-state index in [0.29, 0.717) is 25.3 Å². The van der Waals surface area contributed by atoms with Crippen LogP contribution < -0.4 is 15.4 Å². The van der Waals surface area contributed by atoms with E-state index < -0.39 is 0 Å². The summed E-state index contributed by atoms with van der Waals surface area (Å²) in [4.78, 5) is 13.8. The van der Waals surface area contributed by atoms with Crippen LogP contribution in [0.2, 0.25) is 0 Å². The quantitative estimate of drug-likeness (QED) is 0.880. The summed E-state index contributed by atoms with van der Waals surface area (Å²) in [6, 6.07) is 3.75. The third-order valence-electron chi connectivity index (χ3n) is 3.02. The Morgan fingerprint density at radius 3 is 2.78 bits per heavy atom. The largest absolute Gasteiger partial charge is 0.494 e. The van der Waals surface area contributed by atoms with Crippen LogP contribution in [-0.2, 0) is 4.79 Å². The Morgan fingerprint density at radius 2 is 2.22 bits per heavy atom. The number of halogens is 2. The summed E-state index contributed by atoms with van der Waals surface area (Å²) >= 11 is 6.89. The van der Waals surface area contributed by atoms with Gasteiger partial charge in [0.1, 0.15) is 11.4 Å². The van der Waals surface area contributed by atoms with E-state index >= 15 is 0 Å². The van der Waals surface area contributed by atoms with E-state index in [0.717, 1.165) is 14.6 Å². The molecule has 1 unspecified atom stereocenters. The molecule has 1 aromatic rings. The van der Waals surface area contributed by atoms with Crippen LogP contribution in [0.15, 0.2) is 21.1 Å². The number of nitrogens with zero attached hydrogens (tertiary/aromatic N) is 1. The SMILES string of the molecule is COc1cc(Br)cc(Br)c1N1CC(CN)CC1=O. The zero-order chi connectivity index (χ0) is 13.3. The van der Waals surface area contributed by atoms with E-state index in [-0.39, 0.29) is 11.8 Å². The topological polar surface area (TPSA) is 55.6 Å². The molecule has 0 radical (unpaired) electrons. The van der Waals surface area contributed by atoms with Crippen LogP contribution >= 0.6 is 31.9 Å². The Labute approximate surface area is 123 Å². The monoisotopic (exact) mass is 376 g/mol. The first-order valence-electron chi connectivity index (χ1n) is 5.60. The van der Waals surface area contributed by atoms with Crippen molar-refractivity contribution in [2.75, 3.05) is 25.1 Å². The number of ether oxygens (including phenoxy) is 1. The molecule has 1 atom stereocenters. The first kappa shape index (κ1) is 13.8. The molecule has 6 heteroatoms. The minimum atomic E-state index is 0.0896. The van der Waals surface area contributed by atoms with Crippen molar-refractivity contribution >= 4 is 43.5 Å². The normalized spacial score (nSPS) is 19.4. The molecule has 1 saturated heterocycles. The molecule has 0 bridgehead atoms. The molecular formula is C12H14Br2N2O2. The summed E-state index contributed by atoms with van der Waals surface area (Å²) < 4.78 is 7.08. The maximum Gasteiger partial charge on any atom is 0.227 e. The van der Waals surface area contributed by atoms with E-state index in [9.17, 15) is 4.79 Å². The van der Waals surface area contributed by atoms with Gasteiger partial charge in [-0.15, -0.1) is 0 Å². The van der Waals surface area contributed by atoms with Crippen LogP contribution in [0.4, 0.5) is 5.69 Å². The maximum absolute atomic E-state index is 12.0. The Morgan fingerprint density at radius 1 is 1.50 bits per heavy atom. The lowest BCUT2D eigenvalue weighted by molar-refractivity contribution is -0.117. The summed E-state index contributed by atoms with van der Waals surface area (Å²) in [6.07, 6.45) is 0.502. The second kappa shape index (κ2) is 5.59. The Hall–Kier alpha value is -0.590. The third kappa shape index (κ3) is 2.55. The molecule has 0 saturated carbocycles. The Kier molecular flexibility index (Phi) is 4.29. The lowest BCUT2D eigenvalue weighted by atomic mass is 10.1. The molecule has 1 amide bonds. The number of amides is 1. The molecule has 4 nitrogen and oxygen atoms in total. The highest BCUT2D eigenvalue weighted by molar-refractivity contribution is 9.11. The zero-order valence-corrected chi connectivity index (χ0v) is 13.1. The minimum Gasteiger partial charge on any atom is -0.494 e. The van der Waals surface area contributed by atoms with Gasteiger partial charge < -0.3 is 15.4 Å². The summed E-state index contributed by atoms with van der Waals surface area (Å²) in [7, 11) is 1.60. The number of hydrogen-bond donors (Lipinski definition) is 1. The fourth-order valence-corrected chi connectivity index (χ4v) is 3.52. The van der Waals surface area contributed by atoms with Crippen LogP contribution in [0.25, 0.3) is 0 Å². The van der Waals surface area contributed by atoms with Crippen LogP contribution in [0, 0.1) is 5.92 Å². The summed E-state index contributed by atoms with van der Waals surface area (Å²) in [6.45, 7) is 1.17. The molecule has 1 aromatic carbocycles. The molecule has 0 aromatic heterocycles. The number of carbonyl (C=O) groups excluding carboxylic acids is 1. The van der Waals surface area contributed by atoms with Gasteiger partial charge in [0.2, 0.25) is 5.91 Å². The minimum absolute atomic E-state index is 0.0896. The van der Waals surface area contributed by atoms with Crippen molar-refractivity contribution in [3.05, 3.63) is 21.1 Å². The van der Waals surface area contributed by atoms with Crippen molar-refractivity contribution in [2.45, 2.75) is 6.42 Å². The van der Waals surface area contributed by atoms with Crippen molar-refractivity contribution in [1.82, 2.24) is 0 Å². The second-order valence-corrected chi connectivity index (χ2v) is 6.02. The maximum atomic E-state index is 12.0. The van der Waals surface area contributed by atoms with Gasteiger partial charge in [0.05, 0.1) is 7.11 Å². The van der Waals surface area contributed by atoms with Gasteiger partial charge in [-0.2, -0.15) is 0 Å². The van der Waals surface area contributed by atoms with Gasteiger partial charge in [-0.05, 0) is 40.5 Å². The van der Waals surface area contributed by atoms with E-state index in [2.05, 4.69) is 31.9 Å². The molecule has 0 aliphatic carbocycles. The fourth-order valence-electron chi connectivity index (χ4n) is 2.12. The standard InChI is InChI=1S/C12H14Br2N2O2/c1-18-10-4-8(13)3-9(14)12(10)16-6-7(5-15)2-11(16)17/h3-4,7H,2,5-6,15H2,1H3. The van der Waals surface area contributed by atoms with E-state index in [1.165, 1.54) is 0 Å². The lowest BCUT2D eigenvalue weighted by Crippen LogP contribution is -2.26. The Bertz CT molecular complexity index is 479. The molecule has 1 heterocycles. The van der Waals surface area contributed by atoms with Crippen molar-refractivity contribution in [1.29, 1.82) is 0 Å². The van der Waals surface area contributed by atoms with E-state index in [1.54, 1.807) is 12.0 Å². The predicted octanol–water partition coefficient (Wildman–Crippen LogP) is 2.53. The van der Waals surface area contributed by atoms with E-state index in [4.69, 9.17) is 10.5 Å². The highest BCUT2D eigenvalue weighted by atomic mass is 79.9. The summed E-state index contributed by atoms with van der Waals surface area (Å²) in [5, 5.41) is 0. The van der Waals surface area contributed by atoms with Gasteiger partial charge in [0.15, 0.2) is 0 Å².